The Balaban J connectivity index is 1.20. The number of likely N-dealkylation sites (tertiary alicyclic amines) is 1. The van der Waals surface area contributed by atoms with Gasteiger partial charge in [0.1, 0.15) is 11.6 Å². The second-order valence-corrected chi connectivity index (χ2v) is 15.8. The summed E-state index contributed by atoms with van der Waals surface area (Å²) in [6, 6.07) is 13.8. The predicted octanol–water partition coefficient (Wildman–Crippen LogP) is 7.01. The molecule has 1 aromatic heterocycles. The second-order valence-electron chi connectivity index (χ2n) is 13.4. The van der Waals surface area contributed by atoms with Crippen molar-refractivity contribution in [3.05, 3.63) is 99.4 Å². The molecule has 1 amide bonds. The zero-order chi connectivity index (χ0) is 34.2. The lowest BCUT2D eigenvalue weighted by Gasteiger charge is -2.40. The highest BCUT2D eigenvalue weighted by Gasteiger charge is 2.43. The van der Waals surface area contributed by atoms with E-state index in [2.05, 4.69) is 0 Å². The zero-order valence-electron chi connectivity index (χ0n) is 27.2. The lowest BCUT2D eigenvalue weighted by Crippen LogP contribution is -2.44. The Morgan fingerprint density at radius 3 is 2.18 bits per heavy atom. The molecule has 2 aliphatic heterocycles. The maximum Gasteiger partial charge on any atom is 0.308 e. The van der Waals surface area contributed by atoms with E-state index in [4.69, 9.17) is 4.74 Å². The molecule has 7 rings (SSSR count). The number of nitrogens with zero attached hydrogens (tertiary/aromatic N) is 2. The Labute approximate surface area is 292 Å². The van der Waals surface area contributed by atoms with Crippen molar-refractivity contribution >= 4 is 46.5 Å². The van der Waals surface area contributed by atoms with Crippen LogP contribution in [-0.4, -0.2) is 58.1 Å². The van der Waals surface area contributed by atoms with Crippen LogP contribution >= 0.6 is 23.1 Å². The molecule has 3 heterocycles. The van der Waals surface area contributed by atoms with Crippen LogP contribution in [0.1, 0.15) is 71.9 Å². The fourth-order valence-corrected chi connectivity index (χ4v) is 9.48. The Hall–Kier alpha value is -3.67. The van der Waals surface area contributed by atoms with Crippen LogP contribution in [0, 0.1) is 23.5 Å². The maximum atomic E-state index is 15.3. The van der Waals surface area contributed by atoms with Gasteiger partial charge < -0.3 is 9.64 Å². The largest absolute Gasteiger partial charge is 0.416 e. The highest BCUT2D eigenvalue weighted by Crippen LogP contribution is 2.47. The minimum absolute atomic E-state index is 0.000882. The SMILES string of the molecule is CC(=O)Oc1cc2c(s1)CCN(C(=O)/C=C1/CN(C(C(=O)C3CC3)c3ccccc3F)CCC1SC(C(=O)C1CC1)c1ccccc1F)C2. The summed E-state index contributed by atoms with van der Waals surface area (Å²) in [6.07, 6.45) is 5.88. The summed E-state index contributed by atoms with van der Waals surface area (Å²) in [4.78, 5) is 57.7. The van der Waals surface area contributed by atoms with Gasteiger partial charge >= 0.3 is 5.97 Å². The van der Waals surface area contributed by atoms with Crippen LogP contribution in [0.2, 0.25) is 0 Å². The quantitative estimate of drug-likeness (QED) is 0.157. The number of carbonyl (C=O) groups excluding carboxylic acids is 4. The van der Waals surface area contributed by atoms with E-state index in [9.17, 15) is 19.2 Å². The van der Waals surface area contributed by atoms with Gasteiger partial charge in [-0.1, -0.05) is 36.4 Å². The first-order chi connectivity index (χ1) is 23.7. The molecule has 11 heteroatoms. The molecule has 49 heavy (non-hydrogen) atoms. The smallest absolute Gasteiger partial charge is 0.308 e. The molecular weight excluding hydrogens is 667 g/mol. The summed E-state index contributed by atoms with van der Waals surface area (Å²) < 4.78 is 35.8. The van der Waals surface area contributed by atoms with Crippen LogP contribution in [0.4, 0.5) is 8.78 Å². The summed E-state index contributed by atoms with van der Waals surface area (Å²) in [6.45, 7) is 2.87. The van der Waals surface area contributed by atoms with Gasteiger partial charge in [-0.05, 0) is 67.9 Å². The van der Waals surface area contributed by atoms with Crippen molar-refractivity contribution in [2.45, 2.75) is 68.5 Å². The summed E-state index contributed by atoms with van der Waals surface area (Å²) in [5.41, 5.74) is 2.33. The van der Waals surface area contributed by atoms with E-state index in [0.717, 1.165) is 41.7 Å². The number of fused-ring (bicyclic) bond motifs is 1. The third-order valence-electron chi connectivity index (χ3n) is 9.73. The fraction of sp³-hybridized carbons (Fsp3) is 0.421. The fourth-order valence-electron chi connectivity index (χ4n) is 6.88. The number of halogens is 2. The number of esters is 1. The Morgan fingerprint density at radius 1 is 0.878 bits per heavy atom. The Bertz CT molecular complexity index is 1820. The van der Waals surface area contributed by atoms with Crippen LogP contribution in [0.25, 0.3) is 0 Å². The van der Waals surface area contributed by atoms with Gasteiger partial charge in [-0.3, -0.25) is 24.1 Å². The molecule has 1 saturated heterocycles. The molecule has 3 atom stereocenters. The number of thiophene rings is 1. The molecule has 2 aliphatic carbocycles. The average molecular weight is 705 g/mol. The third-order valence-corrected chi connectivity index (χ3v) is 12.5. The van der Waals surface area contributed by atoms with E-state index < -0.39 is 28.9 Å². The number of rotatable bonds is 11. The maximum absolute atomic E-state index is 15.3. The minimum Gasteiger partial charge on any atom is -0.416 e. The topological polar surface area (TPSA) is 84.0 Å². The van der Waals surface area contributed by atoms with Gasteiger partial charge in [0.05, 0.1) is 11.3 Å². The first kappa shape index (κ1) is 33.8. The van der Waals surface area contributed by atoms with E-state index in [0.29, 0.717) is 48.7 Å². The number of piperidine rings is 1. The van der Waals surface area contributed by atoms with E-state index in [1.54, 1.807) is 53.4 Å². The van der Waals surface area contributed by atoms with Gasteiger partial charge in [-0.15, -0.1) is 23.1 Å². The number of Topliss-reactive ketones (excluding diaryl/α,β-unsaturated/α-hetero) is 2. The van der Waals surface area contributed by atoms with E-state index in [-0.39, 0.29) is 41.1 Å². The average Bonchev–Trinajstić information content (AvgIpc) is 4.02. The zero-order valence-corrected chi connectivity index (χ0v) is 28.9. The summed E-state index contributed by atoms with van der Waals surface area (Å²) >= 11 is 2.79. The highest BCUT2D eigenvalue weighted by atomic mass is 32.2. The van der Waals surface area contributed by atoms with Gasteiger partial charge in [0, 0.05) is 72.3 Å². The van der Waals surface area contributed by atoms with Crippen LogP contribution in [0.3, 0.4) is 0 Å². The molecule has 0 N–H and O–H groups in total. The molecule has 3 aromatic rings. The summed E-state index contributed by atoms with van der Waals surface area (Å²) in [5.74, 6) is -1.71. The molecule has 3 unspecified atom stereocenters. The Kier molecular flexibility index (Phi) is 9.86. The van der Waals surface area contributed by atoms with E-state index in [1.807, 2.05) is 4.90 Å². The molecule has 2 saturated carbocycles. The highest BCUT2D eigenvalue weighted by molar-refractivity contribution is 8.01. The van der Waals surface area contributed by atoms with Gasteiger partial charge in [-0.2, -0.15) is 0 Å². The number of hydrogen-bond acceptors (Lipinski definition) is 8. The van der Waals surface area contributed by atoms with Crippen molar-refractivity contribution in [1.82, 2.24) is 9.80 Å². The third kappa shape index (κ3) is 7.59. The molecule has 256 valence electrons. The van der Waals surface area contributed by atoms with Gasteiger partial charge in [-0.25, -0.2) is 8.78 Å². The number of ether oxygens (including phenoxy) is 1. The molecule has 3 fully saturated rings. The minimum atomic E-state index is -0.795. The van der Waals surface area contributed by atoms with E-state index >= 15 is 8.78 Å². The van der Waals surface area contributed by atoms with Crippen LogP contribution in [0.15, 0.2) is 66.2 Å². The molecule has 7 nitrogen and oxygen atoms in total. The number of hydrogen-bond donors (Lipinski definition) is 0. The van der Waals surface area contributed by atoms with Gasteiger partial charge in [0.15, 0.2) is 16.6 Å². The molecule has 4 aliphatic rings. The standard InChI is InChI=1S/C38H38F2N2O5S2/c1-22(43)47-34-19-26-20-41(16-14-31(26)48-34)33(44)18-25-21-42(35(36(45)23-10-11-23)27-6-2-4-8-29(27)39)17-15-32(25)49-38(37(46)24-12-13-24)28-7-3-5-9-30(28)40/h2-9,18-19,23-24,32,35,38H,10-17,20-21H2,1H3/b25-18-. The van der Waals surface area contributed by atoms with E-state index in [1.165, 1.54) is 42.2 Å². The number of amides is 1. The number of carbonyl (C=O) groups is 4. The lowest BCUT2D eigenvalue weighted by atomic mass is 9.93. The molecule has 0 radical (unpaired) electrons. The first-order valence-electron chi connectivity index (χ1n) is 16.9. The molecule has 0 spiro atoms. The number of benzene rings is 2. The van der Waals surface area contributed by atoms with Crippen molar-refractivity contribution in [3.63, 3.8) is 0 Å². The molecule has 2 aromatic carbocycles. The lowest BCUT2D eigenvalue weighted by molar-refractivity contribution is -0.132. The van der Waals surface area contributed by atoms with Crippen LogP contribution in [0.5, 0.6) is 5.06 Å². The van der Waals surface area contributed by atoms with Crippen molar-refractivity contribution in [2.24, 2.45) is 11.8 Å². The van der Waals surface area contributed by atoms with Crippen LogP contribution in [-0.2, 0) is 32.1 Å². The van der Waals surface area contributed by atoms with Gasteiger partial charge in [0.2, 0.25) is 5.91 Å². The van der Waals surface area contributed by atoms with Crippen molar-refractivity contribution in [1.29, 1.82) is 0 Å². The van der Waals surface area contributed by atoms with Crippen molar-refractivity contribution in [3.8, 4) is 5.06 Å². The number of ketones is 2. The van der Waals surface area contributed by atoms with Crippen molar-refractivity contribution in [2.75, 3.05) is 19.6 Å². The summed E-state index contributed by atoms with van der Waals surface area (Å²) in [7, 11) is 0. The number of thioether (sulfide) groups is 1. The Morgan fingerprint density at radius 2 is 1.53 bits per heavy atom. The monoisotopic (exact) mass is 704 g/mol. The summed E-state index contributed by atoms with van der Waals surface area (Å²) in [5, 5.41) is -0.535. The van der Waals surface area contributed by atoms with Crippen LogP contribution < -0.4 is 4.74 Å². The first-order valence-corrected chi connectivity index (χ1v) is 18.7. The van der Waals surface area contributed by atoms with Crippen molar-refractivity contribution < 1.29 is 32.7 Å². The molecule has 0 bridgehead atoms. The predicted molar refractivity (Wildman–Crippen MR) is 184 cm³/mol. The molecular formula is C38H38F2N2O5S2. The van der Waals surface area contributed by atoms with Gasteiger partial charge in [0.25, 0.3) is 0 Å². The normalized spacial score (nSPS) is 21.6. The second kappa shape index (κ2) is 14.3.